The monoisotopic (exact) mass is 128 g/mol. The van der Waals surface area contributed by atoms with Crippen molar-refractivity contribution in [3.05, 3.63) is 11.8 Å². The summed E-state index contributed by atoms with van der Waals surface area (Å²) in [6.45, 7) is -0.530. The molecule has 0 radical (unpaired) electrons. The van der Waals surface area contributed by atoms with E-state index in [1.54, 1.807) is 0 Å². The Labute approximate surface area is 52.9 Å². The molecular weight excluding hydrogens is 120 g/mol. The molecule has 50 valence electrons. The first-order valence-corrected chi connectivity index (χ1v) is 2.83. The number of ether oxygens (including phenoxy) is 1. The Morgan fingerprint density at radius 3 is 2.89 bits per heavy atom. The maximum atomic E-state index is 10.3. The Hall–Kier alpha value is -0.830. The van der Waals surface area contributed by atoms with Gasteiger partial charge in [0, 0.05) is 6.42 Å². The van der Waals surface area contributed by atoms with Crippen molar-refractivity contribution in [3.63, 3.8) is 0 Å². The summed E-state index contributed by atoms with van der Waals surface area (Å²) < 4.78 is 4.61. The Morgan fingerprint density at radius 2 is 2.56 bits per heavy atom. The molecule has 0 saturated heterocycles. The predicted molar refractivity (Wildman–Crippen MR) is 30.5 cm³/mol. The lowest BCUT2D eigenvalue weighted by Crippen LogP contribution is -2.11. The normalized spacial score (nSPS) is 15.9. The fourth-order valence-corrected chi connectivity index (χ4v) is 0.533. The first kappa shape index (κ1) is 6.29. The fraction of sp³-hybridized carbons (Fsp3) is 0.500. The maximum absolute atomic E-state index is 10.3. The van der Waals surface area contributed by atoms with Gasteiger partial charge in [-0.25, -0.2) is 4.79 Å². The summed E-state index contributed by atoms with van der Waals surface area (Å²) in [5.74, 6) is 0.120. The van der Waals surface area contributed by atoms with Crippen molar-refractivity contribution >= 4 is 5.97 Å². The van der Waals surface area contributed by atoms with Crippen LogP contribution in [0.25, 0.3) is 0 Å². The zero-order valence-corrected chi connectivity index (χ0v) is 4.96. The molecule has 1 aliphatic rings. The molecule has 1 rings (SSSR count). The van der Waals surface area contributed by atoms with Crippen LogP contribution in [-0.4, -0.2) is 17.7 Å². The number of allylic oxidation sites excluding steroid dienone is 2. The number of aliphatic hydroxyl groups is 1. The molecule has 0 heterocycles. The third kappa shape index (κ3) is 1.54. The molecule has 0 aromatic carbocycles. The van der Waals surface area contributed by atoms with Crippen LogP contribution in [0.5, 0.6) is 0 Å². The van der Waals surface area contributed by atoms with Crippen molar-refractivity contribution in [1.82, 2.24) is 0 Å². The van der Waals surface area contributed by atoms with Gasteiger partial charge in [-0.3, -0.25) is 0 Å². The number of rotatable bonds is 2. The van der Waals surface area contributed by atoms with Crippen LogP contribution in [0.4, 0.5) is 0 Å². The van der Waals surface area contributed by atoms with Crippen molar-refractivity contribution in [3.8, 4) is 0 Å². The first-order valence-electron chi connectivity index (χ1n) is 2.83. The molecule has 0 aliphatic heterocycles. The van der Waals surface area contributed by atoms with Crippen molar-refractivity contribution in [1.29, 1.82) is 0 Å². The van der Waals surface area contributed by atoms with E-state index in [-0.39, 0.29) is 0 Å². The molecular formula is C6H8O3. The van der Waals surface area contributed by atoms with E-state index in [0.29, 0.717) is 5.76 Å². The second-order valence-electron chi connectivity index (χ2n) is 1.84. The van der Waals surface area contributed by atoms with Crippen LogP contribution in [0.2, 0.25) is 0 Å². The molecule has 1 N–H and O–H groups in total. The number of hydrogen-bond acceptors (Lipinski definition) is 3. The third-order valence-corrected chi connectivity index (χ3v) is 1.14. The highest BCUT2D eigenvalue weighted by atomic mass is 16.5. The van der Waals surface area contributed by atoms with E-state index in [1.807, 2.05) is 6.08 Å². The van der Waals surface area contributed by atoms with Crippen LogP contribution < -0.4 is 0 Å². The molecule has 0 unspecified atom stereocenters. The van der Waals surface area contributed by atoms with Gasteiger partial charge >= 0.3 is 5.97 Å². The second-order valence-corrected chi connectivity index (χ2v) is 1.84. The van der Waals surface area contributed by atoms with Crippen molar-refractivity contribution in [2.45, 2.75) is 12.8 Å². The molecule has 9 heavy (non-hydrogen) atoms. The predicted octanol–water partition coefficient (Wildman–Crippen LogP) is 0.200. The smallest absolute Gasteiger partial charge is 0.336 e. The van der Waals surface area contributed by atoms with Gasteiger partial charge in [0.05, 0.1) is 0 Å². The quantitative estimate of drug-likeness (QED) is 0.540. The van der Waals surface area contributed by atoms with Gasteiger partial charge in [-0.1, -0.05) is 0 Å². The molecule has 0 spiro atoms. The molecule has 1 aliphatic carbocycles. The van der Waals surface area contributed by atoms with Crippen molar-refractivity contribution in [2.24, 2.45) is 0 Å². The standard InChI is InChI=1S/C6H8O3/c7-4-6(8)9-5-2-1-3-5/h2,7H,1,3-4H2. The Kier molecular flexibility index (Phi) is 1.85. The first-order chi connectivity index (χ1) is 4.33. The number of aliphatic hydroxyl groups excluding tert-OH is 1. The number of hydrogen-bond donors (Lipinski definition) is 1. The Morgan fingerprint density at radius 1 is 1.89 bits per heavy atom. The topological polar surface area (TPSA) is 46.5 Å². The van der Waals surface area contributed by atoms with Crippen LogP contribution in [0, 0.1) is 0 Å². The molecule has 0 saturated carbocycles. The van der Waals surface area contributed by atoms with E-state index in [9.17, 15) is 4.79 Å². The van der Waals surface area contributed by atoms with E-state index in [0.717, 1.165) is 12.8 Å². The molecule has 0 atom stereocenters. The van der Waals surface area contributed by atoms with Gasteiger partial charge in [-0.05, 0) is 12.5 Å². The van der Waals surface area contributed by atoms with Crippen LogP contribution in [0.1, 0.15) is 12.8 Å². The van der Waals surface area contributed by atoms with Crippen molar-refractivity contribution in [2.75, 3.05) is 6.61 Å². The minimum atomic E-state index is -0.569. The molecule has 3 nitrogen and oxygen atoms in total. The van der Waals surface area contributed by atoms with Crippen molar-refractivity contribution < 1.29 is 14.6 Å². The fourth-order valence-electron chi connectivity index (χ4n) is 0.533. The molecule has 0 aromatic heterocycles. The minimum Gasteiger partial charge on any atom is -0.430 e. The zero-order chi connectivity index (χ0) is 6.69. The molecule has 0 bridgehead atoms. The summed E-state index contributed by atoms with van der Waals surface area (Å²) in [4.78, 5) is 10.3. The van der Waals surface area contributed by atoms with Gasteiger partial charge in [0.25, 0.3) is 0 Å². The van der Waals surface area contributed by atoms with Crippen LogP contribution >= 0.6 is 0 Å². The van der Waals surface area contributed by atoms with E-state index in [2.05, 4.69) is 4.74 Å². The summed E-state index contributed by atoms with van der Waals surface area (Å²) in [5.41, 5.74) is 0. The summed E-state index contributed by atoms with van der Waals surface area (Å²) in [6.07, 6.45) is 3.63. The Bertz CT molecular complexity index is 148. The van der Waals surface area contributed by atoms with E-state index >= 15 is 0 Å². The molecule has 3 heteroatoms. The van der Waals surface area contributed by atoms with E-state index < -0.39 is 12.6 Å². The highest BCUT2D eigenvalue weighted by Crippen LogP contribution is 2.18. The molecule has 0 aromatic rings. The minimum absolute atomic E-state index is 0.530. The zero-order valence-electron chi connectivity index (χ0n) is 4.96. The van der Waals surface area contributed by atoms with Gasteiger partial charge < -0.3 is 9.84 Å². The van der Waals surface area contributed by atoms with Crippen LogP contribution in [0.15, 0.2) is 11.8 Å². The Balaban J connectivity index is 2.24. The summed E-state index contributed by atoms with van der Waals surface area (Å²) in [7, 11) is 0. The maximum Gasteiger partial charge on any atom is 0.336 e. The largest absolute Gasteiger partial charge is 0.430 e. The average molecular weight is 128 g/mol. The number of carbonyl (C=O) groups is 1. The molecule has 0 fully saturated rings. The highest BCUT2D eigenvalue weighted by Gasteiger charge is 2.10. The second kappa shape index (κ2) is 2.64. The molecule has 0 amide bonds. The SMILES string of the molecule is O=C(CO)OC1=CCC1. The van der Waals surface area contributed by atoms with Gasteiger partial charge in [-0.15, -0.1) is 0 Å². The van der Waals surface area contributed by atoms with Crippen LogP contribution in [0.3, 0.4) is 0 Å². The summed E-state index contributed by atoms with van der Waals surface area (Å²) in [6, 6.07) is 0. The number of esters is 1. The third-order valence-electron chi connectivity index (χ3n) is 1.14. The summed E-state index contributed by atoms with van der Waals surface area (Å²) >= 11 is 0. The lowest BCUT2D eigenvalue weighted by Gasteiger charge is -2.12. The van der Waals surface area contributed by atoms with E-state index in [1.165, 1.54) is 0 Å². The lowest BCUT2D eigenvalue weighted by molar-refractivity contribution is -0.143. The lowest BCUT2D eigenvalue weighted by atomic mass is 10.1. The van der Waals surface area contributed by atoms with Gasteiger partial charge in [0.15, 0.2) is 0 Å². The number of carbonyl (C=O) groups excluding carboxylic acids is 1. The highest BCUT2D eigenvalue weighted by molar-refractivity contribution is 5.71. The summed E-state index contributed by atoms with van der Waals surface area (Å²) in [5, 5.41) is 8.20. The van der Waals surface area contributed by atoms with Gasteiger partial charge in [-0.2, -0.15) is 0 Å². The van der Waals surface area contributed by atoms with E-state index in [4.69, 9.17) is 5.11 Å². The van der Waals surface area contributed by atoms with Gasteiger partial charge in [0.2, 0.25) is 0 Å². The average Bonchev–Trinajstić information content (AvgIpc) is 1.78. The van der Waals surface area contributed by atoms with Crippen LogP contribution in [-0.2, 0) is 9.53 Å². The van der Waals surface area contributed by atoms with Gasteiger partial charge in [0.1, 0.15) is 12.4 Å².